The van der Waals surface area contributed by atoms with Crippen molar-refractivity contribution in [1.29, 1.82) is 0 Å². The largest absolute Gasteiger partial charge is 0.464 e. The van der Waals surface area contributed by atoms with E-state index in [-0.39, 0.29) is 17.6 Å². The van der Waals surface area contributed by atoms with Crippen LogP contribution in [0, 0.1) is 5.82 Å². The standard InChI is InChI=1S/C24H21FN2O2/c1-15(2)22-21(24(28)26-18-7-4-3-5-8-18)20(19-9-6-14-29-19)23(27-22)16-10-12-17(25)13-11-16/h3-15,27H,1-2H3,(H,26,28). The minimum Gasteiger partial charge on any atom is -0.464 e. The van der Waals surface area contributed by atoms with Crippen molar-refractivity contribution >= 4 is 11.6 Å². The minimum absolute atomic E-state index is 0.0643. The molecule has 4 rings (SSSR count). The predicted molar refractivity (Wildman–Crippen MR) is 112 cm³/mol. The number of aromatic nitrogens is 1. The molecule has 1 amide bonds. The molecule has 4 nitrogen and oxygen atoms in total. The van der Waals surface area contributed by atoms with E-state index in [1.54, 1.807) is 24.5 Å². The molecular weight excluding hydrogens is 367 g/mol. The van der Waals surface area contributed by atoms with Crippen LogP contribution in [0.25, 0.3) is 22.6 Å². The second-order valence-corrected chi connectivity index (χ2v) is 7.12. The first-order valence-corrected chi connectivity index (χ1v) is 9.46. The van der Waals surface area contributed by atoms with Crippen LogP contribution in [0.2, 0.25) is 0 Å². The molecule has 2 aromatic heterocycles. The molecule has 0 fully saturated rings. The number of furan rings is 1. The number of benzene rings is 2. The highest BCUT2D eigenvalue weighted by Crippen LogP contribution is 2.39. The van der Waals surface area contributed by atoms with Gasteiger partial charge in [0.1, 0.15) is 11.6 Å². The van der Waals surface area contributed by atoms with Gasteiger partial charge in [0.2, 0.25) is 0 Å². The smallest absolute Gasteiger partial charge is 0.258 e. The molecular formula is C24H21FN2O2. The molecule has 0 aliphatic rings. The summed E-state index contributed by atoms with van der Waals surface area (Å²) in [6.07, 6.45) is 1.57. The zero-order chi connectivity index (χ0) is 20.4. The first-order valence-electron chi connectivity index (χ1n) is 9.46. The maximum absolute atomic E-state index is 13.5. The topological polar surface area (TPSA) is 58.0 Å². The van der Waals surface area contributed by atoms with Crippen molar-refractivity contribution < 1.29 is 13.6 Å². The number of anilines is 1. The molecule has 0 saturated carbocycles. The van der Waals surface area contributed by atoms with Crippen LogP contribution in [0.15, 0.2) is 77.4 Å². The van der Waals surface area contributed by atoms with E-state index in [4.69, 9.17) is 4.42 Å². The van der Waals surface area contributed by atoms with Gasteiger partial charge in [0.05, 0.1) is 23.1 Å². The van der Waals surface area contributed by atoms with E-state index in [9.17, 15) is 9.18 Å². The summed E-state index contributed by atoms with van der Waals surface area (Å²) in [6, 6.07) is 19.1. The maximum atomic E-state index is 13.5. The van der Waals surface area contributed by atoms with Gasteiger partial charge in [0, 0.05) is 11.4 Å². The number of carbonyl (C=O) groups excluding carboxylic acids is 1. The molecule has 2 N–H and O–H groups in total. The number of halogens is 1. The number of para-hydroxylation sites is 1. The van der Waals surface area contributed by atoms with E-state index in [1.807, 2.05) is 50.2 Å². The minimum atomic E-state index is -0.314. The molecule has 0 aliphatic heterocycles. The Hall–Kier alpha value is -3.60. The Kier molecular flexibility index (Phi) is 5.04. The Morgan fingerprint density at radius 1 is 1.00 bits per heavy atom. The number of H-pyrrole nitrogens is 1. The van der Waals surface area contributed by atoms with Crippen molar-refractivity contribution in [1.82, 2.24) is 4.98 Å². The molecule has 0 spiro atoms. The number of carbonyl (C=O) groups is 1. The molecule has 0 aliphatic carbocycles. The van der Waals surface area contributed by atoms with E-state index in [0.29, 0.717) is 22.6 Å². The predicted octanol–water partition coefficient (Wildman–Crippen LogP) is 6.46. The number of nitrogens with one attached hydrogen (secondary N) is 2. The van der Waals surface area contributed by atoms with Gasteiger partial charge in [-0.3, -0.25) is 4.79 Å². The first-order chi connectivity index (χ1) is 14.0. The Morgan fingerprint density at radius 3 is 2.34 bits per heavy atom. The van der Waals surface area contributed by atoms with Crippen LogP contribution in [0.3, 0.4) is 0 Å². The highest BCUT2D eigenvalue weighted by atomic mass is 19.1. The van der Waals surface area contributed by atoms with Crippen molar-refractivity contribution in [3.05, 3.63) is 90.1 Å². The van der Waals surface area contributed by atoms with Gasteiger partial charge in [-0.15, -0.1) is 0 Å². The average Bonchev–Trinajstić information content (AvgIpc) is 3.37. The molecule has 0 saturated heterocycles. The monoisotopic (exact) mass is 388 g/mol. The quantitative estimate of drug-likeness (QED) is 0.412. The van der Waals surface area contributed by atoms with E-state index >= 15 is 0 Å². The molecule has 2 heterocycles. The highest BCUT2D eigenvalue weighted by Gasteiger charge is 2.28. The third kappa shape index (κ3) is 3.72. The lowest BCUT2D eigenvalue weighted by atomic mass is 9.98. The van der Waals surface area contributed by atoms with Gasteiger partial charge < -0.3 is 14.7 Å². The van der Waals surface area contributed by atoms with Crippen LogP contribution < -0.4 is 5.32 Å². The molecule has 0 atom stereocenters. The Balaban J connectivity index is 1.90. The SMILES string of the molecule is CC(C)c1[nH]c(-c2ccc(F)cc2)c(-c2ccco2)c1C(=O)Nc1ccccc1. The van der Waals surface area contributed by atoms with Crippen LogP contribution >= 0.6 is 0 Å². The van der Waals surface area contributed by atoms with Crippen LogP contribution in [0.5, 0.6) is 0 Å². The van der Waals surface area contributed by atoms with E-state index in [2.05, 4.69) is 10.3 Å². The molecule has 0 bridgehead atoms. The van der Waals surface area contributed by atoms with E-state index in [0.717, 1.165) is 17.0 Å². The fraction of sp³-hybridized carbons (Fsp3) is 0.125. The van der Waals surface area contributed by atoms with Crippen molar-refractivity contribution in [3.63, 3.8) is 0 Å². The normalized spacial score (nSPS) is 11.0. The van der Waals surface area contributed by atoms with Gasteiger partial charge in [0.25, 0.3) is 5.91 Å². The molecule has 2 aromatic carbocycles. The van der Waals surface area contributed by atoms with E-state index in [1.165, 1.54) is 12.1 Å². The van der Waals surface area contributed by atoms with Crippen molar-refractivity contribution in [2.45, 2.75) is 19.8 Å². The third-order valence-corrected chi connectivity index (χ3v) is 4.77. The van der Waals surface area contributed by atoms with Gasteiger partial charge >= 0.3 is 0 Å². The van der Waals surface area contributed by atoms with Crippen LogP contribution in [-0.4, -0.2) is 10.9 Å². The number of aromatic amines is 1. The van der Waals surface area contributed by atoms with Gasteiger partial charge in [-0.05, 0) is 60.0 Å². The fourth-order valence-corrected chi connectivity index (χ4v) is 3.40. The Morgan fingerprint density at radius 2 is 1.72 bits per heavy atom. The summed E-state index contributed by atoms with van der Waals surface area (Å²) in [7, 11) is 0. The summed E-state index contributed by atoms with van der Waals surface area (Å²) in [5.41, 5.74) is 4.20. The number of amides is 1. The number of rotatable bonds is 5. The van der Waals surface area contributed by atoms with Crippen molar-refractivity contribution in [2.75, 3.05) is 5.32 Å². The van der Waals surface area contributed by atoms with Gasteiger partial charge in [-0.2, -0.15) is 0 Å². The second-order valence-electron chi connectivity index (χ2n) is 7.12. The molecule has 0 unspecified atom stereocenters. The maximum Gasteiger partial charge on any atom is 0.258 e. The summed E-state index contributed by atoms with van der Waals surface area (Å²) in [5.74, 6) is 0.0991. The first kappa shape index (κ1) is 18.7. The summed E-state index contributed by atoms with van der Waals surface area (Å²) in [6.45, 7) is 4.04. The number of hydrogen-bond donors (Lipinski definition) is 2. The van der Waals surface area contributed by atoms with Crippen molar-refractivity contribution in [3.8, 4) is 22.6 Å². The molecule has 5 heteroatoms. The number of hydrogen-bond acceptors (Lipinski definition) is 2. The Labute approximate surface area is 168 Å². The lowest BCUT2D eigenvalue weighted by molar-refractivity contribution is 0.102. The zero-order valence-corrected chi connectivity index (χ0v) is 16.2. The van der Waals surface area contributed by atoms with Gasteiger partial charge in [-0.25, -0.2) is 4.39 Å². The van der Waals surface area contributed by atoms with Crippen LogP contribution in [0.1, 0.15) is 35.8 Å². The summed E-state index contributed by atoms with van der Waals surface area (Å²) < 4.78 is 19.1. The van der Waals surface area contributed by atoms with Gasteiger partial charge in [-0.1, -0.05) is 32.0 Å². The van der Waals surface area contributed by atoms with E-state index < -0.39 is 0 Å². The zero-order valence-electron chi connectivity index (χ0n) is 16.2. The van der Waals surface area contributed by atoms with Gasteiger partial charge in [0.15, 0.2) is 0 Å². The summed E-state index contributed by atoms with van der Waals surface area (Å²) >= 11 is 0. The highest BCUT2D eigenvalue weighted by molar-refractivity contribution is 6.11. The molecule has 0 radical (unpaired) electrons. The molecule has 146 valence electrons. The summed E-state index contributed by atoms with van der Waals surface area (Å²) in [4.78, 5) is 16.7. The van der Waals surface area contributed by atoms with Crippen molar-refractivity contribution in [2.24, 2.45) is 0 Å². The molecule has 4 aromatic rings. The lowest BCUT2D eigenvalue weighted by Gasteiger charge is -2.10. The lowest BCUT2D eigenvalue weighted by Crippen LogP contribution is -2.14. The summed E-state index contributed by atoms with van der Waals surface area (Å²) in [5, 5.41) is 2.97. The molecule has 29 heavy (non-hydrogen) atoms. The third-order valence-electron chi connectivity index (χ3n) is 4.77. The van der Waals surface area contributed by atoms with Crippen LogP contribution in [-0.2, 0) is 0 Å². The average molecular weight is 388 g/mol. The Bertz CT molecular complexity index is 1110. The fourth-order valence-electron chi connectivity index (χ4n) is 3.40. The second kappa shape index (κ2) is 7.80. The van der Waals surface area contributed by atoms with Crippen LogP contribution in [0.4, 0.5) is 10.1 Å².